The van der Waals surface area contributed by atoms with Crippen LogP contribution in [0.25, 0.3) is 0 Å². The van der Waals surface area contributed by atoms with Crippen LogP contribution in [0.2, 0.25) is 5.28 Å². The van der Waals surface area contributed by atoms with E-state index in [1.165, 1.54) is 0 Å². The van der Waals surface area contributed by atoms with Crippen LogP contribution in [0.3, 0.4) is 0 Å². The normalized spacial score (nSPS) is 14.5. The number of halogens is 1. The molecule has 5 heteroatoms. The largest absolute Gasteiger partial charge is 0.343 e. The Bertz CT molecular complexity index is 627. The number of fused-ring (bicyclic) bond motifs is 1. The Morgan fingerprint density at radius 2 is 2.00 bits per heavy atom. The van der Waals surface area contributed by atoms with Crippen molar-refractivity contribution in [2.24, 2.45) is 0 Å². The number of nitrogens with zero attached hydrogens (tertiary/aromatic N) is 4. The summed E-state index contributed by atoms with van der Waals surface area (Å²) in [6, 6.07) is 10.1. The summed E-state index contributed by atoms with van der Waals surface area (Å²) in [5.74, 6) is 0.807. The van der Waals surface area contributed by atoms with Crippen LogP contribution < -0.4 is 9.80 Å². The lowest BCUT2D eigenvalue weighted by molar-refractivity contribution is 0.889. The number of para-hydroxylation sites is 1. The molecule has 0 radical (unpaired) electrons. The van der Waals surface area contributed by atoms with E-state index in [9.17, 15) is 0 Å². The van der Waals surface area contributed by atoms with Crippen molar-refractivity contribution in [3.05, 3.63) is 54.1 Å². The second kappa shape index (κ2) is 4.55. The van der Waals surface area contributed by atoms with Crippen molar-refractivity contribution >= 4 is 28.8 Å². The molecule has 19 heavy (non-hydrogen) atoms. The highest BCUT2D eigenvalue weighted by molar-refractivity contribution is 6.28. The van der Waals surface area contributed by atoms with Crippen LogP contribution in [0.5, 0.6) is 0 Å². The second-order valence-electron chi connectivity index (χ2n) is 4.39. The summed E-state index contributed by atoms with van der Waals surface area (Å²) in [7, 11) is 1.96. The van der Waals surface area contributed by atoms with Crippen LogP contribution in [0.1, 0.15) is 0 Å². The number of likely N-dealkylation sites (N-methyl/N-ethyl adjacent to an activating group) is 1. The van der Waals surface area contributed by atoms with E-state index in [-0.39, 0.29) is 5.28 Å². The molecule has 0 unspecified atom stereocenters. The molecule has 0 amide bonds. The van der Waals surface area contributed by atoms with Gasteiger partial charge in [0, 0.05) is 18.4 Å². The summed E-state index contributed by atoms with van der Waals surface area (Å²) in [5, 5.41) is 0.251. The van der Waals surface area contributed by atoms with E-state index < -0.39 is 0 Å². The molecule has 4 nitrogen and oxygen atoms in total. The van der Waals surface area contributed by atoms with Crippen molar-refractivity contribution in [1.82, 2.24) is 9.97 Å². The number of aromatic nitrogens is 2. The SMILES string of the molecule is C=C1CN(c2ccccc2)c2nc(Cl)ncc2N1C. The average molecular weight is 273 g/mol. The fourth-order valence-electron chi connectivity index (χ4n) is 2.14. The average Bonchev–Trinajstić information content (AvgIpc) is 2.43. The lowest BCUT2D eigenvalue weighted by Gasteiger charge is -2.36. The molecule has 0 N–H and O–H groups in total. The highest BCUT2D eigenvalue weighted by atomic mass is 35.5. The minimum Gasteiger partial charge on any atom is -0.343 e. The summed E-state index contributed by atoms with van der Waals surface area (Å²) in [5.41, 5.74) is 2.96. The molecule has 1 aromatic carbocycles. The first-order chi connectivity index (χ1) is 9.16. The molecule has 1 aliphatic rings. The maximum absolute atomic E-state index is 5.92. The Hall–Kier alpha value is -2.07. The quantitative estimate of drug-likeness (QED) is 0.746. The van der Waals surface area contributed by atoms with E-state index in [0.29, 0.717) is 6.54 Å². The zero-order valence-corrected chi connectivity index (χ0v) is 11.3. The molecule has 0 aliphatic carbocycles. The minimum absolute atomic E-state index is 0.251. The van der Waals surface area contributed by atoms with Crippen molar-refractivity contribution in [3.8, 4) is 0 Å². The molecule has 1 aliphatic heterocycles. The minimum atomic E-state index is 0.251. The van der Waals surface area contributed by atoms with Crippen molar-refractivity contribution in [2.75, 3.05) is 23.4 Å². The molecule has 3 rings (SSSR count). The first-order valence-electron chi connectivity index (χ1n) is 5.93. The predicted molar refractivity (Wildman–Crippen MR) is 78.0 cm³/mol. The van der Waals surface area contributed by atoms with Gasteiger partial charge in [-0.15, -0.1) is 0 Å². The number of hydrogen-bond acceptors (Lipinski definition) is 4. The first-order valence-corrected chi connectivity index (χ1v) is 6.31. The van der Waals surface area contributed by atoms with Crippen molar-refractivity contribution in [2.45, 2.75) is 0 Å². The number of rotatable bonds is 1. The van der Waals surface area contributed by atoms with Crippen LogP contribution in [-0.4, -0.2) is 23.6 Å². The van der Waals surface area contributed by atoms with Crippen LogP contribution in [0, 0.1) is 0 Å². The highest BCUT2D eigenvalue weighted by Crippen LogP contribution is 2.38. The van der Waals surface area contributed by atoms with Crippen LogP contribution >= 0.6 is 11.6 Å². The van der Waals surface area contributed by atoms with E-state index >= 15 is 0 Å². The van der Waals surface area contributed by atoms with Gasteiger partial charge in [-0.05, 0) is 23.7 Å². The number of anilines is 3. The predicted octanol–water partition coefficient (Wildman–Crippen LogP) is 3.23. The van der Waals surface area contributed by atoms with E-state index in [0.717, 1.165) is 22.9 Å². The summed E-state index contributed by atoms with van der Waals surface area (Å²) >= 11 is 5.92. The molecule has 1 aromatic heterocycles. The molecular weight excluding hydrogens is 260 g/mol. The second-order valence-corrected chi connectivity index (χ2v) is 4.73. The van der Waals surface area contributed by atoms with E-state index in [1.807, 2.05) is 42.3 Å². The third-order valence-electron chi connectivity index (χ3n) is 3.22. The van der Waals surface area contributed by atoms with Gasteiger partial charge in [-0.1, -0.05) is 24.8 Å². The van der Waals surface area contributed by atoms with Gasteiger partial charge in [0.2, 0.25) is 5.28 Å². The number of hydrogen-bond donors (Lipinski definition) is 0. The van der Waals surface area contributed by atoms with E-state index in [2.05, 4.69) is 21.4 Å². The first kappa shape index (κ1) is 12.0. The van der Waals surface area contributed by atoms with Gasteiger partial charge in [-0.3, -0.25) is 0 Å². The van der Waals surface area contributed by atoms with Gasteiger partial charge >= 0.3 is 0 Å². The van der Waals surface area contributed by atoms with Gasteiger partial charge in [-0.2, -0.15) is 4.98 Å². The van der Waals surface area contributed by atoms with Gasteiger partial charge < -0.3 is 9.80 Å². The summed E-state index contributed by atoms with van der Waals surface area (Å²) < 4.78 is 0. The Balaban J connectivity index is 2.15. The van der Waals surface area contributed by atoms with Crippen molar-refractivity contribution < 1.29 is 0 Å². The molecule has 0 spiro atoms. The molecule has 0 saturated carbocycles. The van der Waals surface area contributed by atoms with Crippen LogP contribution in [-0.2, 0) is 0 Å². The molecule has 2 aromatic rings. The molecule has 0 bridgehead atoms. The fourth-order valence-corrected chi connectivity index (χ4v) is 2.27. The Morgan fingerprint density at radius 3 is 2.74 bits per heavy atom. The van der Waals surface area contributed by atoms with E-state index in [4.69, 9.17) is 11.6 Å². The molecule has 0 fully saturated rings. The summed E-state index contributed by atoms with van der Waals surface area (Å²) in [6.45, 7) is 4.77. The molecular formula is C14H13ClN4. The van der Waals surface area contributed by atoms with Crippen molar-refractivity contribution in [1.29, 1.82) is 0 Å². The molecule has 0 atom stereocenters. The van der Waals surface area contributed by atoms with Gasteiger partial charge in [0.15, 0.2) is 5.82 Å². The van der Waals surface area contributed by atoms with Gasteiger partial charge in [0.1, 0.15) is 5.69 Å². The zero-order valence-electron chi connectivity index (χ0n) is 10.5. The summed E-state index contributed by atoms with van der Waals surface area (Å²) in [6.07, 6.45) is 1.73. The zero-order chi connectivity index (χ0) is 13.4. The van der Waals surface area contributed by atoms with Crippen LogP contribution in [0.4, 0.5) is 17.2 Å². The number of benzene rings is 1. The lowest BCUT2D eigenvalue weighted by atomic mass is 10.2. The highest BCUT2D eigenvalue weighted by Gasteiger charge is 2.26. The summed E-state index contributed by atoms with van der Waals surface area (Å²) in [4.78, 5) is 12.5. The monoisotopic (exact) mass is 272 g/mol. The van der Waals surface area contributed by atoms with E-state index in [1.54, 1.807) is 6.20 Å². The van der Waals surface area contributed by atoms with Gasteiger partial charge in [-0.25, -0.2) is 4.98 Å². The maximum Gasteiger partial charge on any atom is 0.224 e. The van der Waals surface area contributed by atoms with Gasteiger partial charge in [0.25, 0.3) is 0 Å². The third-order valence-corrected chi connectivity index (χ3v) is 3.40. The van der Waals surface area contributed by atoms with Gasteiger partial charge in [0.05, 0.1) is 12.7 Å². The van der Waals surface area contributed by atoms with Crippen LogP contribution in [0.15, 0.2) is 48.8 Å². The standard InChI is InChI=1S/C14H13ClN4/c1-10-9-19(11-6-4-3-5-7-11)13-12(18(10)2)8-16-14(15)17-13/h3-8H,1,9H2,2H3. The third kappa shape index (κ3) is 2.04. The molecule has 0 saturated heterocycles. The lowest BCUT2D eigenvalue weighted by Crippen LogP contribution is -2.35. The fraction of sp³-hybridized carbons (Fsp3) is 0.143. The Kier molecular flexibility index (Phi) is 2.87. The maximum atomic E-state index is 5.92. The molecule has 2 heterocycles. The smallest absolute Gasteiger partial charge is 0.224 e. The Labute approximate surface area is 117 Å². The Morgan fingerprint density at radius 1 is 1.26 bits per heavy atom. The van der Waals surface area contributed by atoms with Crippen molar-refractivity contribution in [3.63, 3.8) is 0 Å². The topological polar surface area (TPSA) is 32.3 Å². The molecule has 96 valence electrons.